The lowest BCUT2D eigenvalue weighted by Gasteiger charge is -2.16. The van der Waals surface area contributed by atoms with E-state index in [1.165, 1.54) is 38.5 Å². The van der Waals surface area contributed by atoms with Crippen LogP contribution in [0.25, 0.3) is 0 Å². The average Bonchev–Trinajstić information content (AvgIpc) is 2.75. The van der Waals surface area contributed by atoms with Crippen molar-refractivity contribution in [1.82, 2.24) is 0 Å². The van der Waals surface area contributed by atoms with Crippen molar-refractivity contribution >= 4 is 5.97 Å². The summed E-state index contributed by atoms with van der Waals surface area (Å²) in [4.78, 5) is 10.5. The van der Waals surface area contributed by atoms with Crippen LogP contribution in [-0.4, -0.2) is 17.1 Å². The lowest BCUT2D eigenvalue weighted by Crippen LogP contribution is -2.24. The summed E-state index contributed by atoms with van der Waals surface area (Å²) in [6.07, 6.45) is 10.3. The number of carbonyl (C=O) groups is 1. The van der Waals surface area contributed by atoms with Gasteiger partial charge in [-0.25, -0.2) is 0 Å². The third kappa shape index (κ3) is 6.67. The minimum atomic E-state index is -0.781. The van der Waals surface area contributed by atoms with E-state index in [-0.39, 0.29) is 12.5 Å². The molecule has 0 aromatic heterocycles. The van der Waals surface area contributed by atoms with Crippen molar-refractivity contribution < 1.29 is 9.90 Å². The van der Waals surface area contributed by atoms with Crippen LogP contribution in [0, 0.1) is 11.8 Å². The summed E-state index contributed by atoms with van der Waals surface area (Å²) < 4.78 is 0. The van der Waals surface area contributed by atoms with Gasteiger partial charge in [-0.1, -0.05) is 45.4 Å². The van der Waals surface area contributed by atoms with Crippen LogP contribution in [0.4, 0.5) is 0 Å². The number of carboxylic acids is 1. The Morgan fingerprint density at radius 2 is 1.94 bits per heavy atom. The van der Waals surface area contributed by atoms with Crippen LogP contribution in [0.1, 0.15) is 64.7 Å². The molecule has 3 N–H and O–H groups in total. The summed E-state index contributed by atoms with van der Waals surface area (Å²) in [5.41, 5.74) is 5.76. The zero-order chi connectivity index (χ0) is 12.7. The van der Waals surface area contributed by atoms with Crippen molar-refractivity contribution in [2.75, 3.05) is 0 Å². The predicted octanol–water partition coefficient (Wildman–Crippen LogP) is 3.18. The lowest BCUT2D eigenvalue weighted by atomic mass is 9.91. The van der Waals surface area contributed by atoms with Gasteiger partial charge in [-0.3, -0.25) is 4.79 Å². The molecule has 1 rings (SSSR count). The first-order valence-corrected chi connectivity index (χ1v) is 7.05. The highest BCUT2D eigenvalue weighted by Gasteiger charge is 2.16. The first kappa shape index (κ1) is 14.5. The fourth-order valence-electron chi connectivity index (χ4n) is 2.79. The largest absolute Gasteiger partial charge is 0.481 e. The third-order valence-corrected chi connectivity index (χ3v) is 4.01. The van der Waals surface area contributed by atoms with Gasteiger partial charge in [0.25, 0.3) is 0 Å². The molecule has 1 aliphatic rings. The molecule has 0 bridgehead atoms. The van der Waals surface area contributed by atoms with Crippen molar-refractivity contribution in [3.63, 3.8) is 0 Å². The van der Waals surface area contributed by atoms with Crippen molar-refractivity contribution in [1.29, 1.82) is 0 Å². The second kappa shape index (κ2) is 7.70. The summed E-state index contributed by atoms with van der Waals surface area (Å²) in [5, 5.41) is 8.62. The Bertz CT molecular complexity index is 224. The molecular weight excluding hydrogens is 214 g/mol. The van der Waals surface area contributed by atoms with E-state index in [1.807, 2.05) is 0 Å². The Morgan fingerprint density at radius 1 is 1.29 bits per heavy atom. The molecule has 1 aliphatic carbocycles. The lowest BCUT2D eigenvalue weighted by molar-refractivity contribution is -0.137. The topological polar surface area (TPSA) is 63.3 Å². The average molecular weight is 241 g/mol. The molecule has 0 spiro atoms. The molecule has 2 atom stereocenters. The Labute approximate surface area is 105 Å². The number of nitrogens with two attached hydrogens (primary N) is 1. The molecule has 1 fully saturated rings. The molecule has 0 heterocycles. The van der Waals surface area contributed by atoms with Gasteiger partial charge < -0.3 is 10.8 Å². The summed E-state index contributed by atoms with van der Waals surface area (Å²) in [5.74, 6) is 0.872. The zero-order valence-corrected chi connectivity index (χ0v) is 11.0. The summed E-state index contributed by atoms with van der Waals surface area (Å²) in [7, 11) is 0. The van der Waals surface area contributed by atoms with E-state index in [4.69, 9.17) is 10.8 Å². The number of hydrogen-bond donors (Lipinski definition) is 2. The van der Waals surface area contributed by atoms with Gasteiger partial charge in [0, 0.05) is 6.04 Å². The molecule has 1 saturated carbocycles. The van der Waals surface area contributed by atoms with E-state index in [0.717, 1.165) is 18.8 Å². The highest BCUT2D eigenvalue weighted by Crippen LogP contribution is 2.30. The summed E-state index contributed by atoms with van der Waals surface area (Å²) >= 11 is 0. The second-order valence-corrected chi connectivity index (χ2v) is 5.77. The van der Waals surface area contributed by atoms with Gasteiger partial charge in [-0.15, -0.1) is 0 Å². The minimum Gasteiger partial charge on any atom is -0.481 e. The van der Waals surface area contributed by atoms with Gasteiger partial charge in [0.15, 0.2) is 0 Å². The van der Waals surface area contributed by atoms with Gasteiger partial charge in [0.2, 0.25) is 0 Å². The number of rotatable bonds is 8. The molecule has 0 unspecified atom stereocenters. The Balaban J connectivity index is 2.03. The molecular formula is C14H27NO2. The van der Waals surface area contributed by atoms with Gasteiger partial charge in [0.05, 0.1) is 6.42 Å². The number of carboxylic acid groups (broad SMARTS) is 1. The molecule has 100 valence electrons. The van der Waals surface area contributed by atoms with Gasteiger partial charge in [-0.05, 0) is 24.7 Å². The molecule has 0 radical (unpaired) electrons. The second-order valence-electron chi connectivity index (χ2n) is 5.77. The number of aliphatic carboxylic acids is 1. The maximum absolute atomic E-state index is 10.5. The first-order chi connectivity index (χ1) is 8.08. The summed E-state index contributed by atoms with van der Waals surface area (Å²) in [6.45, 7) is 2.27. The SMILES string of the molecule is C[C@H](CCC1CCCC1)CC[C@H](N)CC(=O)O. The summed E-state index contributed by atoms with van der Waals surface area (Å²) in [6, 6.07) is -0.165. The highest BCUT2D eigenvalue weighted by molar-refractivity contribution is 5.67. The van der Waals surface area contributed by atoms with Crippen molar-refractivity contribution in [2.45, 2.75) is 70.8 Å². The Kier molecular flexibility index (Phi) is 6.56. The van der Waals surface area contributed by atoms with Crippen LogP contribution in [0.15, 0.2) is 0 Å². The van der Waals surface area contributed by atoms with Gasteiger partial charge in [-0.2, -0.15) is 0 Å². The molecule has 3 heteroatoms. The molecule has 0 aromatic carbocycles. The molecule has 17 heavy (non-hydrogen) atoms. The van der Waals surface area contributed by atoms with Crippen molar-refractivity contribution in [3.8, 4) is 0 Å². The Morgan fingerprint density at radius 3 is 2.53 bits per heavy atom. The quantitative estimate of drug-likeness (QED) is 0.686. The van der Waals surface area contributed by atoms with Crippen LogP contribution in [0.3, 0.4) is 0 Å². The molecule has 0 aromatic rings. The zero-order valence-electron chi connectivity index (χ0n) is 11.0. The van der Waals surface area contributed by atoms with Crippen molar-refractivity contribution in [2.24, 2.45) is 17.6 Å². The fraction of sp³-hybridized carbons (Fsp3) is 0.929. The Hall–Kier alpha value is -0.570. The highest BCUT2D eigenvalue weighted by atomic mass is 16.4. The van der Waals surface area contributed by atoms with Gasteiger partial charge in [0.1, 0.15) is 0 Å². The number of hydrogen-bond acceptors (Lipinski definition) is 2. The third-order valence-electron chi connectivity index (χ3n) is 4.01. The smallest absolute Gasteiger partial charge is 0.304 e. The van der Waals surface area contributed by atoms with Crippen molar-refractivity contribution in [3.05, 3.63) is 0 Å². The van der Waals surface area contributed by atoms with E-state index in [2.05, 4.69) is 6.92 Å². The minimum absolute atomic E-state index is 0.106. The molecule has 0 aliphatic heterocycles. The normalized spacial score (nSPS) is 20.4. The van der Waals surface area contributed by atoms with E-state index < -0.39 is 5.97 Å². The van der Waals surface area contributed by atoms with Crippen LogP contribution in [0.5, 0.6) is 0 Å². The molecule has 0 amide bonds. The standard InChI is InChI=1S/C14H27NO2/c1-11(6-8-12-4-2-3-5-12)7-9-13(15)10-14(16)17/h11-13H,2-10,15H2,1H3,(H,16,17)/t11-,13+/m1/s1. The van der Waals surface area contributed by atoms with Crippen LogP contribution in [-0.2, 0) is 4.79 Å². The van der Waals surface area contributed by atoms with Crippen LogP contribution in [0.2, 0.25) is 0 Å². The van der Waals surface area contributed by atoms with E-state index in [9.17, 15) is 4.79 Å². The maximum atomic E-state index is 10.5. The monoisotopic (exact) mass is 241 g/mol. The van der Waals surface area contributed by atoms with Crippen LogP contribution < -0.4 is 5.73 Å². The van der Waals surface area contributed by atoms with Crippen LogP contribution >= 0.6 is 0 Å². The molecule has 3 nitrogen and oxygen atoms in total. The first-order valence-electron chi connectivity index (χ1n) is 7.05. The fourth-order valence-corrected chi connectivity index (χ4v) is 2.79. The predicted molar refractivity (Wildman–Crippen MR) is 69.8 cm³/mol. The van der Waals surface area contributed by atoms with E-state index in [1.54, 1.807) is 0 Å². The maximum Gasteiger partial charge on any atom is 0.304 e. The van der Waals surface area contributed by atoms with Gasteiger partial charge >= 0.3 is 5.97 Å². The van der Waals surface area contributed by atoms with E-state index >= 15 is 0 Å². The molecule has 0 saturated heterocycles. The van der Waals surface area contributed by atoms with E-state index in [0.29, 0.717) is 5.92 Å².